The maximum Gasteiger partial charge on any atom is 0.254 e. The lowest BCUT2D eigenvalue weighted by molar-refractivity contribution is -0.114. The van der Waals surface area contributed by atoms with Crippen LogP contribution < -0.4 is 10.5 Å². The topological polar surface area (TPSA) is 94.8 Å². The summed E-state index contributed by atoms with van der Waals surface area (Å²) in [4.78, 5) is 30.6. The number of pyridine rings is 1. The number of rotatable bonds is 10. The Balaban J connectivity index is 1.25. The lowest BCUT2D eigenvalue weighted by Gasteiger charge is -2.26. The monoisotopic (exact) mass is 519 g/mol. The molecule has 0 radical (unpaired) electrons. The van der Waals surface area contributed by atoms with E-state index in [9.17, 15) is 9.59 Å². The number of allylic oxidation sites excluding steroid dienone is 1. The molecule has 2 aromatic carbocycles. The number of unbranched alkanes of at least 4 members (excludes halogenated alkanes) is 1. The summed E-state index contributed by atoms with van der Waals surface area (Å²) in [6, 6.07) is 16.6. The van der Waals surface area contributed by atoms with E-state index in [0.29, 0.717) is 61.5 Å². The van der Waals surface area contributed by atoms with E-state index in [-0.39, 0.29) is 11.7 Å². The molecule has 0 bridgehead atoms. The standard InChI is InChI=1S/C29H30ClN3O4/c30-25-17-24(22-6-8-23(9-7-22)29(35)33-12-15-36-16-13-33)18-27(19-25)37-14-2-1-3-26(34)10-4-21-5-11-28(31)32-20-21/h4-11,17-20H,1-3,12-16H2,(H2,31,32)/b10-4+. The Kier molecular flexibility index (Phi) is 9.29. The number of anilines is 1. The summed E-state index contributed by atoms with van der Waals surface area (Å²) in [5, 5.41) is 0.568. The van der Waals surface area contributed by atoms with Gasteiger partial charge in [-0.15, -0.1) is 0 Å². The number of morpholine rings is 1. The van der Waals surface area contributed by atoms with Crippen molar-refractivity contribution in [2.75, 3.05) is 38.6 Å². The van der Waals surface area contributed by atoms with E-state index >= 15 is 0 Å². The second-order valence-electron chi connectivity index (χ2n) is 8.78. The summed E-state index contributed by atoms with van der Waals surface area (Å²) in [5.74, 6) is 1.18. The number of amides is 1. The number of aromatic nitrogens is 1. The number of hydrogen-bond acceptors (Lipinski definition) is 6. The molecule has 2 N–H and O–H groups in total. The van der Waals surface area contributed by atoms with E-state index in [0.717, 1.165) is 29.5 Å². The highest BCUT2D eigenvalue weighted by Crippen LogP contribution is 2.29. The first kappa shape index (κ1) is 26.4. The van der Waals surface area contributed by atoms with Gasteiger partial charge in [0.15, 0.2) is 5.78 Å². The molecule has 192 valence electrons. The number of hydrogen-bond donors (Lipinski definition) is 1. The second-order valence-corrected chi connectivity index (χ2v) is 9.22. The summed E-state index contributed by atoms with van der Waals surface area (Å²) < 4.78 is 11.2. The van der Waals surface area contributed by atoms with Crippen molar-refractivity contribution in [2.45, 2.75) is 19.3 Å². The first-order chi connectivity index (χ1) is 18.0. The number of nitrogen functional groups attached to an aromatic ring is 1. The summed E-state index contributed by atoms with van der Waals surface area (Å²) in [7, 11) is 0. The molecule has 0 unspecified atom stereocenters. The zero-order chi connectivity index (χ0) is 26.0. The molecule has 1 aliphatic heterocycles. The highest BCUT2D eigenvalue weighted by molar-refractivity contribution is 6.31. The number of carbonyl (C=O) groups is 2. The second kappa shape index (κ2) is 13.0. The maximum atomic E-state index is 12.7. The van der Waals surface area contributed by atoms with Crippen molar-refractivity contribution in [3.05, 3.63) is 83.0 Å². The van der Waals surface area contributed by atoms with Gasteiger partial charge in [-0.3, -0.25) is 9.59 Å². The van der Waals surface area contributed by atoms with Crippen LogP contribution in [0.25, 0.3) is 17.2 Å². The number of ketones is 1. The number of nitrogens with zero attached hydrogens (tertiary/aromatic N) is 2. The molecule has 1 aromatic heterocycles. The van der Waals surface area contributed by atoms with E-state index in [1.165, 1.54) is 0 Å². The number of nitrogens with two attached hydrogens (primary N) is 1. The fraction of sp³-hybridized carbons (Fsp3) is 0.276. The van der Waals surface area contributed by atoms with E-state index < -0.39 is 0 Å². The first-order valence-electron chi connectivity index (χ1n) is 12.3. The SMILES string of the molecule is Nc1ccc(/C=C/C(=O)CCCCOc2cc(Cl)cc(-c3ccc(C(=O)N4CCOCC4)cc3)c2)cn1. The molecule has 7 nitrogen and oxygen atoms in total. The normalized spacial score (nSPS) is 13.6. The third-order valence-electron chi connectivity index (χ3n) is 5.99. The van der Waals surface area contributed by atoms with Crippen LogP contribution in [-0.2, 0) is 9.53 Å². The van der Waals surface area contributed by atoms with Crippen LogP contribution in [-0.4, -0.2) is 54.5 Å². The third kappa shape index (κ3) is 7.90. The van der Waals surface area contributed by atoms with Crippen molar-refractivity contribution < 1.29 is 19.1 Å². The fourth-order valence-electron chi connectivity index (χ4n) is 3.95. The van der Waals surface area contributed by atoms with Crippen LogP contribution in [0.3, 0.4) is 0 Å². The molecule has 37 heavy (non-hydrogen) atoms. The quantitative estimate of drug-likeness (QED) is 0.289. The molecule has 0 aliphatic carbocycles. The van der Waals surface area contributed by atoms with Gasteiger partial charge in [0.1, 0.15) is 11.6 Å². The van der Waals surface area contributed by atoms with Gasteiger partial charge in [-0.05, 0) is 84.1 Å². The Hall–Kier alpha value is -3.68. The average molecular weight is 520 g/mol. The van der Waals surface area contributed by atoms with Crippen LogP contribution in [0.15, 0.2) is 66.9 Å². The van der Waals surface area contributed by atoms with Crippen molar-refractivity contribution in [1.82, 2.24) is 9.88 Å². The van der Waals surface area contributed by atoms with Crippen molar-refractivity contribution in [3.63, 3.8) is 0 Å². The minimum atomic E-state index is 0.0150. The van der Waals surface area contributed by atoms with Gasteiger partial charge < -0.3 is 20.1 Å². The van der Waals surface area contributed by atoms with E-state index in [1.807, 2.05) is 47.4 Å². The molecule has 2 heterocycles. The predicted octanol–water partition coefficient (Wildman–Crippen LogP) is 5.29. The molecule has 1 amide bonds. The van der Waals surface area contributed by atoms with Crippen LogP contribution in [0.2, 0.25) is 5.02 Å². The van der Waals surface area contributed by atoms with Gasteiger partial charge >= 0.3 is 0 Å². The van der Waals surface area contributed by atoms with Gasteiger partial charge in [0, 0.05) is 36.3 Å². The molecule has 1 saturated heterocycles. The Bertz CT molecular complexity index is 1240. The summed E-state index contributed by atoms with van der Waals surface area (Å²) >= 11 is 6.34. The minimum absolute atomic E-state index is 0.0150. The van der Waals surface area contributed by atoms with Gasteiger partial charge in [0.25, 0.3) is 5.91 Å². The fourth-order valence-corrected chi connectivity index (χ4v) is 4.17. The largest absolute Gasteiger partial charge is 0.494 e. The van der Waals surface area contributed by atoms with Gasteiger partial charge in [-0.25, -0.2) is 4.98 Å². The van der Waals surface area contributed by atoms with Crippen molar-refractivity contribution in [1.29, 1.82) is 0 Å². The average Bonchev–Trinajstić information content (AvgIpc) is 2.92. The van der Waals surface area contributed by atoms with Crippen LogP contribution in [0, 0.1) is 0 Å². The van der Waals surface area contributed by atoms with Gasteiger partial charge in [-0.1, -0.05) is 23.7 Å². The zero-order valence-electron chi connectivity index (χ0n) is 20.6. The van der Waals surface area contributed by atoms with Crippen molar-refractivity contribution >= 4 is 35.2 Å². The molecular weight excluding hydrogens is 490 g/mol. The van der Waals surface area contributed by atoms with E-state index in [4.69, 9.17) is 26.8 Å². The van der Waals surface area contributed by atoms with Gasteiger partial charge in [-0.2, -0.15) is 0 Å². The molecule has 4 rings (SSSR count). The Morgan fingerprint density at radius 2 is 1.81 bits per heavy atom. The Labute approximate surface area is 221 Å². The molecule has 8 heteroatoms. The van der Waals surface area contributed by atoms with Crippen LogP contribution in [0.4, 0.5) is 5.82 Å². The number of carbonyl (C=O) groups excluding carboxylic acids is 2. The van der Waals surface area contributed by atoms with Crippen molar-refractivity contribution in [2.24, 2.45) is 0 Å². The molecular formula is C29H30ClN3O4. The molecule has 0 spiro atoms. The zero-order valence-corrected chi connectivity index (χ0v) is 21.3. The van der Waals surface area contributed by atoms with E-state index in [1.54, 1.807) is 30.5 Å². The summed E-state index contributed by atoms with van der Waals surface area (Å²) in [6.45, 7) is 2.85. The minimum Gasteiger partial charge on any atom is -0.494 e. The highest BCUT2D eigenvalue weighted by Gasteiger charge is 2.18. The number of benzene rings is 2. The Morgan fingerprint density at radius 1 is 1.03 bits per heavy atom. The summed E-state index contributed by atoms with van der Waals surface area (Å²) in [5.41, 5.74) is 8.90. The molecule has 1 fully saturated rings. The lowest BCUT2D eigenvalue weighted by atomic mass is 10.0. The molecule has 3 aromatic rings. The van der Waals surface area contributed by atoms with Crippen molar-refractivity contribution in [3.8, 4) is 16.9 Å². The number of ether oxygens (including phenoxy) is 2. The van der Waals surface area contributed by atoms with Gasteiger partial charge in [0.05, 0.1) is 19.8 Å². The molecule has 0 saturated carbocycles. The lowest BCUT2D eigenvalue weighted by Crippen LogP contribution is -2.40. The van der Waals surface area contributed by atoms with Crippen LogP contribution in [0.5, 0.6) is 5.75 Å². The third-order valence-corrected chi connectivity index (χ3v) is 6.21. The first-order valence-corrected chi connectivity index (χ1v) is 12.7. The predicted molar refractivity (Wildman–Crippen MR) is 146 cm³/mol. The van der Waals surface area contributed by atoms with Crippen LogP contribution >= 0.6 is 11.6 Å². The van der Waals surface area contributed by atoms with Crippen LogP contribution in [0.1, 0.15) is 35.2 Å². The number of halogens is 1. The van der Waals surface area contributed by atoms with Gasteiger partial charge in [0.2, 0.25) is 0 Å². The smallest absolute Gasteiger partial charge is 0.254 e. The van der Waals surface area contributed by atoms with E-state index in [2.05, 4.69) is 4.98 Å². The molecule has 0 atom stereocenters. The maximum absolute atomic E-state index is 12.7. The Morgan fingerprint density at radius 3 is 2.54 bits per heavy atom. The summed E-state index contributed by atoms with van der Waals surface area (Å²) in [6.07, 6.45) is 6.84. The highest BCUT2D eigenvalue weighted by atomic mass is 35.5. The molecule has 1 aliphatic rings.